The SMILES string of the molecule is [B]CC1CCC(C2CC=C(C3CC(F)C(F)C(F)C3C)CC2)CC1. The van der Waals surface area contributed by atoms with Gasteiger partial charge in [-0.05, 0) is 68.1 Å². The van der Waals surface area contributed by atoms with Crippen LogP contribution in [0.15, 0.2) is 11.6 Å². The summed E-state index contributed by atoms with van der Waals surface area (Å²) in [4.78, 5) is 0. The number of hydrogen-bond donors (Lipinski definition) is 0. The lowest BCUT2D eigenvalue weighted by atomic mass is 9.66. The monoisotopic (exact) mass is 338 g/mol. The number of halogens is 3. The molecule has 0 aromatic carbocycles. The van der Waals surface area contributed by atoms with E-state index in [1.807, 2.05) is 0 Å². The van der Waals surface area contributed by atoms with Crippen molar-refractivity contribution >= 4 is 7.85 Å². The Bertz CT molecular complexity index is 444. The van der Waals surface area contributed by atoms with Crippen LogP contribution in [0.5, 0.6) is 0 Å². The maximum atomic E-state index is 14.0. The molecule has 134 valence electrons. The average molecular weight is 338 g/mol. The van der Waals surface area contributed by atoms with Crippen LogP contribution in [0.4, 0.5) is 13.2 Å². The molecule has 0 bridgehead atoms. The Labute approximate surface area is 146 Å². The van der Waals surface area contributed by atoms with Gasteiger partial charge in [-0.2, -0.15) is 0 Å². The van der Waals surface area contributed by atoms with E-state index >= 15 is 0 Å². The van der Waals surface area contributed by atoms with E-state index in [0.29, 0.717) is 11.8 Å². The first-order valence-electron chi connectivity index (χ1n) is 9.82. The minimum atomic E-state index is -1.94. The van der Waals surface area contributed by atoms with Crippen molar-refractivity contribution in [2.75, 3.05) is 0 Å². The maximum absolute atomic E-state index is 14.0. The molecule has 4 heteroatoms. The van der Waals surface area contributed by atoms with E-state index in [1.54, 1.807) is 6.92 Å². The van der Waals surface area contributed by atoms with Gasteiger partial charge in [-0.25, -0.2) is 13.2 Å². The molecule has 2 saturated carbocycles. The lowest BCUT2D eigenvalue weighted by molar-refractivity contribution is -0.0121. The molecule has 0 aliphatic heterocycles. The van der Waals surface area contributed by atoms with E-state index in [-0.39, 0.29) is 12.3 Å². The summed E-state index contributed by atoms with van der Waals surface area (Å²) in [5, 5.41) is 0. The zero-order chi connectivity index (χ0) is 17.3. The van der Waals surface area contributed by atoms with Crippen molar-refractivity contribution in [2.45, 2.75) is 83.1 Å². The van der Waals surface area contributed by atoms with E-state index in [4.69, 9.17) is 7.85 Å². The Morgan fingerprint density at radius 2 is 1.71 bits per heavy atom. The molecule has 0 aromatic rings. The molecule has 3 aliphatic rings. The highest BCUT2D eigenvalue weighted by Crippen LogP contribution is 2.45. The third kappa shape index (κ3) is 3.72. The summed E-state index contributed by atoms with van der Waals surface area (Å²) in [5.74, 6) is 1.68. The van der Waals surface area contributed by atoms with Gasteiger partial charge in [0.25, 0.3) is 0 Å². The average Bonchev–Trinajstić information content (AvgIpc) is 2.63. The van der Waals surface area contributed by atoms with E-state index in [2.05, 4.69) is 6.08 Å². The molecular weight excluding hydrogens is 308 g/mol. The highest BCUT2D eigenvalue weighted by Gasteiger charge is 2.45. The smallest absolute Gasteiger partial charge is 0.162 e. The molecule has 3 rings (SSSR count). The number of hydrogen-bond acceptors (Lipinski definition) is 0. The highest BCUT2D eigenvalue weighted by molar-refractivity contribution is 6.08. The van der Waals surface area contributed by atoms with Gasteiger partial charge in [-0.15, -0.1) is 0 Å². The fourth-order valence-corrected chi connectivity index (χ4v) is 5.32. The second-order valence-electron chi connectivity index (χ2n) is 8.44. The van der Waals surface area contributed by atoms with Crippen LogP contribution >= 0.6 is 0 Å². The zero-order valence-corrected chi connectivity index (χ0v) is 14.8. The normalized spacial score (nSPS) is 47.2. The minimum Gasteiger partial charge on any atom is -0.244 e. The van der Waals surface area contributed by atoms with Gasteiger partial charge in [0.1, 0.15) is 12.3 Å². The van der Waals surface area contributed by atoms with Crippen molar-refractivity contribution in [3.63, 3.8) is 0 Å². The fraction of sp³-hybridized carbons (Fsp3) is 0.900. The van der Waals surface area contributed by atoms with Gasteiger partial charge in [0.2, 0.25) is 0 Å². The molecule has 0 saturated heterocycles. The van der Waals surface area contributed by atoms with Gasteiger partial charge in [0, 0.05) is 0 Å². The van der Waals surface area contributed by atoms with Crippen LogP contribution in [-0.2, 0) is 0 Å². The predicted octanol–water partition coefficient (Wildman–Crippen LogP) is 5.78. The first-order valence-corrected chi connectivity index (χ1v) is 9.82. The molecule has 0 aromatic heterocycles. The van der Waals surface area contributed by atoms with Gasteiger partial charge in [0.05, 0.1) is 7.85 Å². The first kappa shape index (κ1) is 18.4. The summed E-state index contributed by atoms with van der Waals surface area (Å²) in [6.45, 7) is 1.74. The Hall–Kier alpha value is -0.405. The lowest BCUT2D eigenvalue weighted by Crippen LogP contribution is -2.44. The lowest BCUT2D eigenvalue weighted by Gasteiger charge is -2.40. The third-order valence-electron chi connectivity index (χ3n) is 7.12. The van der Waals surface area contributed by atoms with E-state index in [0.717, 1.165) is 31.5 Å². The van der Waals surface area contributed by atoms with Crippen LogP contribution in [0.2, 0.25) is 6.32 Å². The summed E-state index contributed by atoms with van der Waals surface area (Å²) < 4.78 is 41.4. The Morgan fingerprint density at radius 1 is 1.00 bits per heavy atom. The Kier molecular flexibility index (Phi) is 6.03. The van der Waals surface area contributed by atoms with Gasteiger partial charge in [-0.3, -0.25) is 0 Å². The molecule has 0 nitrogen and oxygen atoms in total. The van der Waals surface area contributed by atoms with Crippen LogP contribution in [-0.4, -0.2) is 26.4 Å². The van der Waals surface area contributed by atoms with Crippen molar-refractivity contribution in [1.29, 1.82) is 0 Å². The second kappa shape index (κ2) is 7.87. The van der Waals surface area contributed by atoms with Gasteiger partial charge < -0.3 is 0 Å². The molecule has 24 heavy (non-hydrogen) atoms. The first-order chi connectivity index (χ1) is 11.5. The summed E-state index contributed by atoms with van der Waals surface area (Å²) in [6, 6.07) is 0. The van der Waals surface area contributed by atoms with Crippen molar-refractivity contribution in [1.82, 2.24) is 0 Å². The van der Waals surface area contributed by atoms with Gasteiger partial charge in [-0.1, -0.05) is 37.7 Å². The molecule has 0 amide bonds. The molecule has 0 N–H and O–H groups in total. The van der Waals surface area contributed by atoms with Gasteiger partial charge >= 0.3 is 0 Å². The second-order valence-corrected chi connectivity index (χ2v) is 8.44. The maximum Gasteiger partial charge on any atom is 0.162 e. The van der Waals surface area contributed by atoms with E-state index in [9.17, 15) is 13.2 Å². The topological polar surface area (TPSA) is 0 Å². The predicted molar refractivity (Wildman–Crippen MR) is 93.4 cm³/mol. The van der Waals surface area contributed by atoms with Crippen LogP contribution in [0.3, 0.4) is 0 Å². The highest BCUT2D eigenvalue weighted by atomic mass is 19.2. The third-order valence-corrected chi connectivity index (χ3v) is 7.12. The summed E-state index contributed by atoms with van der Waals surface area (Å²) in [6.07, 6.45) is 6.10. The number of rotatable bonds is 3. The van der Waals surface area contributed by atoms with Gasteiger partial charge in [0.15, 0.2) is 6.17 Å². The minimum absolute atomic E-state index is 0.115. The molecular formula is C20H30BF3. The molecule has 2 fully saturated rings. The van der Waals surface area contributed by atoms with Crippen LogP contribution < -0.4 is 0 Å². The molecule has 2 radical (unpaired) electrons. The van der Waals surface area contributed by atoms with E-state index < -0.39 is 24.4 Å². The van der Waals surface area contributed by atoms with Crippen LogP contribution in [0.1, 0.15) is 58.3 Å². The molecule has 3 aliphatic carbocycles. The summed E-state index contributed by atoms with van der Waals surface area (Å²) in [5.41, 5.74) is 1.19. The molecule has 0 heterocycles. The standard InChI is InChI=1S/C20H30BF3/c1-12-17(10-18(22)20(24)19(12)23)16-8-6-15(7-9-16)14-4-2-13(11-21)3-5-14/h8,12-15,17-20H,2-7,9-11H2,1H3. The molecule has 0 spiro atoms. The zero-order valence-electron chi connectivity index (χ0n) is 14.8. The summed E-state index contributed by atoms with van der Waals surface area (Å²) in [7, 11) is 5.78. The van der Waals surface area contributed by atoms with Crippen LogP contribution in [0, 0.1) is 29.6 Å². The largest absolute Gasteiger partial charge is 0.244 e. The molecule has 6 atom stereocenters. The fourth-order valence-electron chi connectivity index (χ4n) is 5.32. The molecule has 6 unspecified atom stereocenters. The Morgan fingerprint density at radius 3 is 2.29 bits per heavy atom. The van der Waals surface area contributed by atoms with E-state index in [1.165, 1.54) is 31.3 Å². The van der Waals surface area contributed by atoms with Crippen molar-refractivity contribution in [3.8, 4) is 0 Å². The Balaban J connectivity index is 1.57. The van der Waals surface area contributed by atoms with Crippen molar-refractivity contribution in [2.24, 2.45) is 29.6 Å². The van der Waals surface area contributed by atoms with Crippen molar-refractivity contribution in [3.05, 3.63) is 11.6 Å². The van der Waals surface area contributed by atoms with Crippen molar-refractivity contribution < 1.29 is 13.2 Å². The summed E-state index contributed by atoms with van der Waals surface area (Å²) >= 11 is 0. The number of allylic oxidation sites excluding steroid dienone is 2. The quantitative estimate of drug-likeness (QED) is 0.452. The number of alkyl halides is 3. The van der Waals surface area contributed by atoms with Crippen LogP contribution in [0.25, 0.3) is 0 Å².